The van der Waals surface area contributed by atoms with Gasteiger partial charge in [0, 0.05) is 31.5 Å². The lowest BCUT2D eigenvalue weighted by molar-refractivity contribution is -0.142. The predicted octanol–water partition coefficient (Wildman–Crippen LogP) is 2.91. The molecule has 2 fully saturated rings. The first kappa shape index (κ1) is 17.9. The molecule has 3 rings (SSSR count). The molecule has 0 bridgehead atoms. The third kappa shape index (κ3) is 4.39. The third-order valence-corrected chi connectivity index (χ3v) is 5.49. The minimum Gasteiger partial charge on any atom is -0.356 e. The largest absolute Gasteiger partial charge is 0.356 e. The molecule has 1 heterocycles. The third-order valence-electron chi connectivity index (χ3n) is 5.49. The van der Waals surface area contributed by atoms with Crippen LogP contribution >= 0.6 is 0 Å². The quantitative estimate of drug-likeness (QED) is 0.891. The number of hydrogen-bond acceptors (Lipinski definition) is 2. The van der Waals surface area contributed by atoms with Crippen LogP contribution in [0.5, 0.6) is 0 Å². The van der Waals surface area contributed by atoms with Gasteiger partial charge in [-0.05, 0) is 43.7 Å². The van der Waals surface area contributed by atoms with Crippen molar-refractivity contribution in [3.8, 4) is 0 Å². The smallest absolute Gasteiger partial charge is 0.226 e. The molecule has 5 heteroatoms. The van der Waals surface area contributed by atoms with E-state index in [0.717, 1.165) is 51.6 Å². The molecule has 1 aliphatic carbocycles. The van der Waals surface area contributed by atoms with Gasteiger partial charge in [0.25, 0.3) is 0 Å². The van der Waals surface area contributed by atoms with Crippen LogP contribution in [0.2, 0.25) is 0 Å². The van der Waals surface area contributed by atoms with Gasteiger partial charge in [0.1, 0.15) is 5.82 Å². The first-order valence-electron chi connectivity index (χ1n) is 9.46. The van der Waals surface area contributed by atoms with Crippen molar-refractivity contribution in [1.29, 1.82) is 0 Å². The van der Waals surface area contributed by atoms with E-state index < -0.39 is 0 Å². The standard InChI is InChI=1S/C20H27FN2O2/c21-18-10-4-1-7-15(18)11-12-22-19(24)16-8-2-3-9-17(16)20(25)23-13-5-6-14-23/h1,4,7,10,16-17H,2-3,5-6,8-9,11-14H2,(H,22,24)/t16-,17-/m1/s1. The van der Waals surface area contributed by atoms with Crippen LogP contribution in [0.15, 0.2) is 24.3 Å². The van der Waals surface area contributed by atoms with E-state index in [2.05, 4.69) is 5.32 Å². The maximum Gasteiger partial charge on any atom is 0.226 e. The Labute approximate surface area is 148 Å². The van der Waals surface area contributed by atoms with Crippen LogP contribution in [0.25, 0.3) is 0 Å². The van der Waals surface area contributed by atoms with E-state index in [1.807, 2.05) is 4.90 Å². The summed E-state index contributed by atoms with van der Waals surface area (Å²) in [7, 11) is 0. The summed E-state index contributed by atoms with van der Waals surface area (Å²) in [6.45, 7) is 2.06. The van der Waals surface area contributed by atoms with Crippen LogP contribution < -0.4 is 5.32 Å². The Kier molecular flexibility index (Phi) is 6.05. The summed E-state index contributed by atoms with van der Waals surface area (Å²) in [6, 6.07) is 6.63. The number of nitrogens with one attached hydrogen (secondary N) is 1. The zero-order valence-corrected chi connectivity index (χ0v) is 14.7. The number of carbonyl (C=O) groups is 2. The Bertz CT molecular complexity index is 613. The fraction of sp³-hybridized carbons (Fsp3) is 0.600. The Hall–Kier alpha value is -1.91. The highest BCUT2D eigenvalue weighted by Gasteiger charge is 2.38. The minimum atomic E-state index is -0.239. The van der Waals surface area contributed by atoms with Crippen molar-refractivity contribution in [3.05, 3.63) is 35.6 Å². The normalized spacial score (nSPS) is 23.5. The lowest BCUT2D eigenvalue weighted by Gasteiger charge is -2.32. The number of nitrogens with zero attached hydrogens (tertiary/aromatic N) is 1. The highest BCUT2D eigenvalue weighted by molar-refractivity contribution is 5.88. The molecule has 1 aromatic rings. The zero-order valence-electron chi connectivity index (χ0n) is 14.7. The van der Waals surface area contributed by atoms with Gasteiger partial charge in [-0.15, -0.1) is 0 Å². The summed E-state index contributed by atoms with van der Waals surface area (Å²) in [5, 5.41) is 2.93. The van der Waals surface area contributed by atoms with E-state index in [-0.39, 0.29) is 29.5 Å². The second kappa shape index (κ2) is 8.45. The molecule has 0 unspecified atom stereocenters. The van der Waals surface area contributed by atoms with Gasteiger partial charge in [-0.3, -0.25) is 9.59 Å². The molecule has 0 aromatic heterocycles. The van der Waals surface area contributed by atoms with E-state index in [1.165, 1.54) is 6.07 Å². The number of rotatable bonds is 5. The lowest BCUT2D eigenvalue weighted by Crippen LogP contribution is -2.45. The zero-order chi connectivity index (χ0) is 17.6. The number of benzene rings is 1. The SMILES string of the molecule is O=C(NCCc1ccccc1F)[C@@H]1CCCC[C@H]1C(=O)N1CCCC1. The van der Waals surface area contributed by atoms with Gasteiger partial charge in [-0.2, -0.15) is 0 Å². The molecule has 1 saturated heterocycles. The molecule has 2 amide bonds. The van der Waals surface area contributed by atoms with E-state index >= 15 is 0 Å². The second-order valence-electron chi connectivity index (χ2n) is 7.16. The average molecular weight is 346 g/mol. The van der Waals surface area contributed by atoms with E-state index in [4.69, 9.17) is 0 Å². The van der Waals surface area contributed by atoms with Crippen molar-refractivity contribution >= 4 is 11.8 Å². The minimum absolute atomic E-state index is 0.0476. The molecule has 0 radical (unpaired) electrons. The molecule has 2 atom stereocenters. The van der Waals surface area contributed by atoms with Gasteiger partial charge in [0.05, 0.1) is 0 Å². The number of halogens is 1. The Morgan fingerprint density at radius 3 is 2.44 bits per heavy atom. The first-order chi connectivity index (χ1) is 12.2. The van der Waals surface area contributed by atoms with Gasteiger partial charge in [-0.25, -0.2) is 4.39 Å². The van der Waals surface area contributed by atoms with Crippen molar-refractivity contribution in [2.24, 2.45) is 11.8 Å². The molecule has 25 heavy (non-hydrogen) atoms. The van der Waals surface area contributed by atoms with Crippen molar-refractivity contribution in [1.82, 2.24) is 10.2 Å². The van der Waals surface area contributed by atoms with Crippen LogP contribution in [-0.4, -0.2) is 36.3 Å². The molecule has 4 nitrogen and oxygen atoms in total. The van der Waals surface area contributed by atoms with Crippen LogP contribution in [-0.2, 0) is 16.0 Å². The van der Waals surface area contributed by atoms with Gasteiger partial charge in [-0.1, -0.05) is 31.0 Å². The number of likely N-dealkylation sites (tertiary alicyclic amines) is 1. The van der Waals surface area contributed by atoms with Crippen molar-refractivity contribution in [2.75, 3.05) is 19.6 Å². The maximum absolute atomic E-state index is 13.6. The summed E-state index contributed by atoms with van der Waals surface area (Å²) in [6.07, 6.45) is 6.20. The highest BCUT2D eigenvalue weighted by atomic mass is 19.1. The van der Waals surface area contributed by atoms with Gasteiger partial charge >= 0.3 is 0 Å². The van der Waals surface area contributed by atoms with E-state index in [1.54, 1.807) is 18.2 Å². The van der Waals surface area contributed by atoms with Crippen LogP contribution in [0.4, 0.5) is 4.39 Å². The molecule has 0 spiro atoms. The van der Waals surface area contributed by atoms with E-state index in [9.17, 15) is 14.0 Å². The topological polar surface area (TPSA) is 49.4 Å². The average Bonchev–Trinajstić information content (AvgIpc) is 3.17. The molecule has 136 valence electrons. The van der Waals surface area contributed by atoms with Crippen molar-refractivity contribution in [3.63, 3.8) is 0 Å². The maximum atomic E-state index is 13.6. The lowest BCUT2D eigenvalue weighted by atomic mass is 9.78. The van der Waals surface area contributed by atoms with Crippen molar-refractivity contribution in [2.45, 2.75) is 44.9 Å². The van der Waals surface area contributed by atoms with Crippen LogP contribution in [0, 0.1) is 17.7 Å². The Morgan fingerprint density at radius 1 is 1.04 bits per heavy atom. The fourth-order valence-electron chi connectivity index (χ4n) is 4.06. The monoisotopic (exact) mass is 346 g/mol. The molecule has 1 aliphatic heterocycles. The van der Waals surface area contributed by atoms with Crippen molar-refractivity contribution < 1.29 is 14.0 Å². The Morgan fingerprint density at radius 2 is 1.72 bits per heavy atom. The Balaban J connectivity index is 1.55. The second-order valence-corrected chi connectivity index (χ2v) is 7.16. The predicted molar refractivity (Wildman–Crippen MR) is 94.4 cm³/mol. The molecule has 2 aliphatic rings. The van der Waals surface area contributed by atoms with Gasteiger partial charge < -0.3 is 10.2 Å². The van der Waals surface area contributed by atoms with Gasteiger partial charge in [0.15, 0.2) is 0 Å². The molecule has 1 N–H and O–H groups in total. The van der Waals surface area contributed by atoms with Gasteiger partial charge in [0.2, 0.25) is 11.8 Å². The summed E-state index contributed by atoms with van der Waals surface area (Å²) >= 11 is 0. The number of carbonyl (C=O) groups excluding carboxylic acids is 2. The van der Waals surface area contributed by atoms with E-state index in [0.29, 0.717) is 18.5 Å². The molecular formula is C20H27FN2O2. The fourth-order valence-corrected chi connectivity index (χ4v) is 4.06. The van der Waals surface area contributed by atoms with Crippen LogP contribution in [0.3, 0.4) is 0 Å². The molecular weight excluding hydrogens is 319 g/mol. The molecule has 1 saturated carbocycles. The van der Waals surface area contributed by atoms with Crippen LogP contribution in [0.1, 0.15) is 44.1 Å². The molecule has 1 aromatic carbocycles. The first-order valence-corrected chi connectivity index (χ1v) is 9.46. The summed E-state index contributed by atoms with van der Waals surface area (Å²) in [5.74, 6) is -0.542. The summed E-state index contributed by atoms with van der Waals surface area (Å²) < 4.78 is 13.6. The number of amides is 2. The highest BCUT2D eigenvalue weighted by Crippen LogP contribution is 2.32. The summed E-state index contributed by atoms with van der Waals surface area (Å²) in [4.78, 5) is 27.3. The summed E-state index contributed by atoms with van der Waals surface area (Å²) in [5.41, 5.74) is 0.608. The number of hydrogen-bond donors (Lipinski definition) is 1.